The number of hydrogen-bond donors (Lipinski definition) is 3. The molecular formula is C35H40N8. The number of fused-ring (bicyclic) bond motifs is 1. The van der Waals surface area contributed by atoms with Crippen molar-refractivity contribution in [2.75, 3.05) is 18.8 Å². The van der Waals surface area contributed by atoms with Crippen LogP contribution in [0, 0.1) is 0 Å². The highest BCUT2D eigenvalue weighted by atomic mass is 15.1. The molecule has 0 saturated heterocycles. The number of hydrogen-bond acceptors (Lipinski definition) is 7. The molecule has 0 saturated carbocycles. The van der Waals surface area contributed by atoms with E-state index in [-0.39, 0.29) is 0 Å². The van der Waals surface area contributed by atoms with Crippen molar-refractivity contribution in [1.82, 2.24) is 30.2 Å². The molecule has 8 nitrogen and oxygen atoms in total. The van der Waals surface area contributed by atoms with Gasteiger partial charge in [-0.3, -0.25) is 9.56 Å². The number of unbranched alkanes of at least 4 members (excludes halogenated alkanes) is 1. The Balaban J connectivity index is 1.27. The fourth-order valence-corrected chi connectivity index (χ4v) is 5.12. The quantitative estimate of drug-likeness (QED) is 0.0928. The number of anilines is 1. The smallest absolute Gasteiger partial charge is 0.165 e. The molecule has 3 aromatic heterocycles. The first-order valence-electron chi connectivity index (χ1n) is 14.9. The SMILES string of the molecule is C=C(/C=C(/C)N=CC)NCCCCNCc1ccc(-n2c(-c3cccnc3N)nc3ccc(C4=CCCC=C4)nc32)cc1. The molecule has 4 N–H and O–H groups in total. The van der Waals surface area contributed by atoms with Gasteiger partial charge in [-0.05, 0) is 99.7 Å². The predicted molar refractivity (Wildman–Crippen MR) is 179 cm³/mol. The average Bonchev–Trinajstić information content (AvgIpc) is 3.40. The average molecular weight is 573 g/mol. The Bertz CT molecular complexity index is 1690. The second kappa shape index (κ2) is 14.4. The van der Waals surface area contributed by atoms with E-state index in [1.807, 2.05) is 44.2 Å². The van der Waals surface area contributed by atoms with Gasteiger partial charge in [0.2, 0.25) is 0 Å². The van der Waals surface area contributed by atoms with E-state index in [1.54, 1.807) is 12.4 Å². The molecule has 0 atom stereocenters. The van der Waals surface area contributed by atoms with Crippen LogP contribution in [-0.2, 0) is 6.54 Å². The minimum absolute atomic E-state index is 0.440. The van der Waals surface area contributed by atoms with E-state index in [2.05, 4.69) is 74.2 Å². The summed E-state index contributed by atoms with van der Waals surface area (Å²) in [6.07, 6.45) is 16.3. The van der Waals surface area contributed by atoms with Crippen LogP contribution in [0.1, 0.15) is 50.8 Å². The van der Waals surface area contributed by atoms with Gasteiger partial charge in [0.05, 0.1) is 11.3 Å². The molecule has 1 aliphatic carbocycles. The summed E-state index contributed by atoms with van der Waals surface area (Å²) in [6, 6.07) is 16.5. The van der Waals surface area contributed by atoms with Gasteiger partial charge in [-0.15, -0.1) is 0 Å². The highest BCUT2D eigenvalue weighted by molar-refractivity contribution is 5.85. The van der Waals surface area contributed by atoms with E-state index in [9.17, 15) is 0 Å². The van der Waals surface area contributed by atoms with E-state index in [4.69, 9.17) is 15.7 Å². The van der Waals surface area contributed by atoms with Crippen molar-refractivity contribution in [2.24, 2.45) is 4.99 Å². The summed E-state index contributed by atoms with van der Waals surface area (Å²) in [4.78, 5) is 18.6. The standard InChI is InChI=1S/C35H40N8/c1-4-38-25(2)23-26(3)39-21-9-8-20-37-24-27-14-16-29(17-15-27)43-34(30-13-10-22-40-33(30)36)42-32-19-18-31(41-35(32)43)28-11-6-5-7-12-28/h4,6,10-19,22-23,37,39H,3,5,7-9,20-21,24H2,1-2H3,(H2,36,40)/b25-23-,38-4?. The number of nitrogen functional groups attached to an aromatic ring is 1. The molecule has 43 heavy (non-hydrogen) atoms. The topological polar surface area (TPSA) is 106 Å². The fraction of sp³-hybridized carbons (Fsp3) is 0.257. The number of benzene rings is 1. The van der Waals surface area contributed by atoms with Crippen LogP contribution in [0.2, 0.25) is 0 Å². The zero-order chi connectivity index (χ0) is 30.0. The lowest BCUT2D eigenvalue weighted by atomic mass is 10.0. The van der Waals surface area contributed by atoms with Gasteiger partial charge in [-0.25, -0.2) is 15.0 Å². The Labute approximate surface area is 253 Å². The largest absolute Gasteiger partial charge is 0.385 e. The zero-order valence-electron chi connectivity index (χ0n) is 25.1. The highest BCUT2D eigenvalue weighted by Crippen LogP contribution is 2.31. The summed E-state index contributed by atoms with van der Waals surface area (Å²) < 4.78 is 2.09. The van der Waals surface area contributed by atoms with Gasteiger partial charge in [0.25, 0.3) is 0 Å². The minimum Gasteiger partial charge on any atom is -0.385 e. The van der Waals surface area contributed by atoms with Crippen molar-refractivity contribution in [3.63, 3.8) is 0 Å². The van der Waals surface area contributed by atoms with Crippen LogP contribution in [0.15, 0.2) is 102 Å². The number of nitrogens with zero attached hydrogens (tertiary/aromatic N) is 5. The van der Waals surface area contributed by atoms with Crippen LogP contribution in [0.5, 0.6) is 0 Å². The molecule has 0 bridgehead atoms. The summed E-state index contributed by atoms with van der Waals surface area (Å²) >= 11 is 0. The highest BCUT2D eigenvalue weighted by Gasteiger charge is 2.19. The van der Waals surface area contributed by atoms with E-state index >= 15 is 0 Å². The van der Waals surface area contributed by atoms with Crippen LogP contribution in [0.4, 0.5) is 5.82 Å². The fourth-order valence-electron chi connectivity index (χ4n) is 5.12. The summed E-state index contributed by atoms with van der Waals surface area (Å²) in [6.45, 7) is 10.6. The van der Waals surface area contributed by atoms with Crippen LogP contribution in [0.25, 0.3) is 33.8 Å². The van der Waals surface area contributed by atoms with Gasteiger partial charge in [0.15, 0.2) is 11.5 Å². The number of pyridine rings is 2. The first-order chi connectivity index (χ1) is 21.0. The van der Waals surface area contributed by atoms with Crippen molar-refractivity contribution >= 4 is 28.8 Å². The lowest BCUT2D eigenvalue weighted by molar-refractivity contribution is 0.608. The van der Waals surface area contributed by atoms with Gasteiger partial charge in [0, 0.05) is 42.6 Å². The van der Waals surface area contributed by atoms with Gasteiger partial charge in [-0.2, -0.15) is 0 Å². The number of imidazole rings is 1. The van der Waals surface area contributed by atoms with Gasteiger partial charge < -0.3 is 16.4 Å². The molecule has 0 spiro atoms. The maximum Gasteiger partial charge on any atom is 0.165 e. The maximum absolute atomic E-state index is 6.31. The van der Waals surface area contributed by atoms with Crippen LogP contribution < -0.4 is 16.4 Å². The van der Waals surface area contributed by atoms with Crippen molar-refractivity contribution in [3.8, 4) is 17.1 Å². The molecule has 0 aliphatic heterocycles. The monoisotopic (exact) mass is 572 g/mol. The van der Waals surface area contributed by atoms with E-state index in [0.29, 0.717) is 5.82 Å². The Morgan fingerprint density at radius 1 is 1.07 bits per heavy atom. The molecular weight excluding hydrogens is 532 g/mol. The van der Waals surface area contributed by atoms with Gasteiger partial charge in [-0.1, -0.05) is 36.9 Å². The molecule has 1 aromatic carbocycles. The summed E-state index contributed by atoms with van der Waals surface area (Å²) in [5.74, 6) is 1.17. The summed E-state index contributed by atoms with van der Waals surface area (Å²) in [5.41, 5.74) is 14.8. The molecule has 8 heteroatoms. The van der Waals surface area contributed by atoms with E-state index in [0.717, 1.165) is 96.2 Å². The molecule has 1 aliphatic rings. The maximum atomic E-state index is 6.31. The third-order valence-electron chi connectivity index (χ3n) is 7.25. The molecule has 0 amide bonds. The van der Waals surface area contributed by atoms with Gasteiger partial charge in [0.1, 0.15) is 11.3 Å². The molecule has 0 fully saturated rings. The molecule has 3 heterocycles. The Hall–Kier alpha value is -4.82. The molecule has 220 valence electrons. The Morgan fingerprint density at radius 2 is 1.91 bits per heavy atom. The number of aromatic nitrogens is 4. The van der Waals surface area contributed by atoms with Gasteiger partial charge >= 0.3 is 0 Å². The molecule has 0 radical (unpaired) electrons. The molecule has 4 aromatic rings. The second-order valence-electron chi connectivity index (χ2n) is 10.6. The first kappa shape index (κ1) is 29.7. The van der Waals surface area contributed by atoms with Crippen LogP contribution in [-0.4, -0.2) is 38.8 Å². The predicted octanol–water partition coefficient (Wildman–Crippen LogP) is 6.77. The third-order valence-corrected chi connectivity index (χ3v) is 7.25. The molecule has 0 unspecified atom stereocenters. The number of nitrogens with one attached hydrogen (secondary N) is 2. The lowest BCUT2D eigenvalue weighted by Gasteiger charge is -2.12. The zero-order valence-corrected chi connectivity index (χ0v) is 25.1. The second-order valence-corrected chi connectivity index (χ2v) is 10.6. The summed E-state index contributed by atoms with van der Waals surface area (Å²) in [5, 5.41) is 6.91. The van der Waals surface area contributed by atoms with E-state index in [1.165, 1.54) is 5.56 Å². The normalized spacial score (nSPS) is 13.5. The Morgan fingerprint density at radius 3 is 2.67 bits per heavy atom. The van der Waals surface area contributed by atoms with Crippen LogP contribution >= 0.6 is 0 Å². The van der Waals surface area contributed by atoms with Crippen LogP contribution in [0.3, 0.4) is 0 Å². The van der Waals surface area contributed by atoms with Crippen molar-refractivity contribution in [1.29, 1.82) is 0 Å². The minimum atomic E-state index is 0.440. The Kier molecular flexibility index (Phi) is 9.92. The van der Waals surface area contributed by atoms with Crippen molar-refractivity contribution in [2.45, 2.75) is 46.1 Å². The van der Waals surface area contributed by atoms with Crippen molar-refractivity contribution in [3.05, 3.63) is 108 Å². The number of allylic oxidation sites excluding steroid dienone is 6. The number of rotatable bonds is 13. The van der Waals surface area contributed by atoms with E-state index < -0.39 is 0 Å². The van der Waals surface area contributed by atoms with Crippen molar-refractivity contribution < 1.29 is 0 Å². The number of aliphatic imine (C=N–C) groups is 1. The molecule has 5 rings (SSSR count). The number of nitrogens with two attached hydrogens (primary N) is 1. The first-order valence-corrected chi connectivity index (χ1v) is 14.9. The third kappa shape index (κ3) is 7.53. The lowest BCUT2D eigenvalue weighted by Crippen LogP contribution is -2.18. The summed E-state index contributed by atoms with van der Waals surface area (Å²) in [7, 11) is 0.